The van der Waals surface area contributed by atoms with Crippen LogP contribution in [0.5, 0.6) is 0 Å². The molecule has 3 aliphatic rings. The fourth-order valence-electron chi connectivity index (χ4n) is 3.77. The second-order valence-corrected chi connectivity index (χ2v) is 9.12. The van der Waals surface area contributed by atoms with Gasteiger partial charge in [-0.05, 0) is 58.3 Å². The zero-order chi connectivity index (χ0) is 22.9. The molecule has 0 aromatic heterocycles. The number of ether oxygens (including phenoxy) is 3. The van der Waals surface area contributed by atoms with Crippen molar-refractivity contribution in [1.82, 2.24) is 4.90 Å². The molecular formula is C25H37NO6. The Morgan fingerprint density at radius 1 is 0.844 bits per heavy atom. The lowest BCUT2D eigenvalue weighted by Crippen LogP contribution is -2.38. The molecule has 32 heavy (non-hydrogen) atoms. The number of carbonyl (C=O) groups excluding carboxylic acids is 3. The minimum absolute atomic E-state index is 0.124. The number of amides is 2. The summed E-state index contributed by atoms with van der Waals surface area (Å²) < 4.78 is 15.7. The Kier molecular flexibility index (Phi) is 9.63. The topological polar surface area (TPSA) is 92.0 Å². The Bertz CT molecular complexity index is 718. The smallest absolute Gasteiger partial charge is 0.256 e. The first kappa shape index (κ1) is 24.8. The van der Waals surface area contributed by atoms with Crippen LogP contribution in [0.1, 0.15) is 71.1 Å². The number of nitrogens with zero attached hydrogens (tertiary/aromatic N) is 1. The quantitative estimate of drug-likeness (QED) is 0.192. The van der Waals surface area contributed by atoms with Crippen molar-refractivity contribution in [2.75, 3.05) is 26.4 Å². The van der Waals surface area contributed by atoms with Gasteiger partial charge in [0.15, 0.2) is 5.78 Å². The van der Waals surface area contributed by atoms with Crippen LogP contribution in [0.3, 0.4) is 0 Å². The fourth-order valence-corrected chi connectivity index (χ4v) is 3.77. The molecule has 0 spiro atoms. The number of epoxide rings is 3. The molecule has 178 valence electrons. The molecule has 0 bridgehead atoms. The van der Waals surface area contributed by atoms with E-state index >= 15 is 0 Å². The van der Waals surface area contributed by atoms with Crippen LogP contribution in [0.15, 0.2) is 23.8 Å². The van der Waals surface area contributed by atoms with E-state index in [4.69, 9.17) is 14.2 Å². The van der Waals surface area contributed by atoms with E-state index in [2.05, 4.69) is 6.58 Å². The van der Waals surface area contributed by atoms with Crippen molar-refractivity contribution in [3.63, 3.8) is 0 Å². The number of rotatable bonds is 17. The number of Topliss-reactive ketones (excluding diaryl/α,β-unsaturated/α-hetero) is 1. The molecule has 0 N–H and O–H groups in total. The molecule has 7 heteroatoms. The third-order valence-corrected chi connectivity index (χ3v) is 6.16. The Morgan fingerprint density at radius 3 is 1.84 bits per heavy atom. The van der Waals surface area contributed by atoms with Crippen molar-refractivity contribution >= 4 is 17.6 Å². The molecule has 0 aromatic carbocycles. The average molecular weight is 448 g/mol. The summed E-state index contributed by atoms with van der Waals surface area (Å²) in [4.78, 5) is 39.4. The predicted molar refractivity (Wildman–Crippen MR) is 120 cm³/mol. The van der Waals surface area contributed by atoms with Gasteiger partial charge < -0.3 is 14.2 Å². The number of carbonyl (C=O) groups is 3. The first-order valence-corrected chi connectivity index (χ1v) is 12.0. The molecule has 3 atom stereocenters. The summed E-state index contributed by atoms with van der Waals surface area (Å²) in [5.74, 6) is -0.879. The molecule has 3 aliphatic heterocycles. The van der Waals surface area contributed by atoms with Gasteiger partial charge in [-0.15, -0.1) is 0 Å². The Hall–Kier alpha value is -1.83. The van der Waals surface area contributed by atoms with Gasteiger partial charge in [-0.1, -0.05) is 19.4 Å². The van der Waals surface area contributed by atoms with E-state index in [-0.39, 0.29) is 17.8 Å². The molecule has 3 saturated heterocycles. The van der Waals surface area contributed by atoms with E-state index in [9.17, 15) is 14.4 Å². The summed E-state index contributed by atoms with van der Waals surface area (Å²) in [6.07, 6.45) is 10.5. The third kappa shape index (κ3) is 9.35. The van der Waals surface area contributed by atoms with E-state index in [1.54, 1.807) is 0 Å². The molecule has 7 nitrogen and oxygen atoms in total. The summed E-state index contributed by atoms with van der Waals surface area (Å²) in [5, 5.41) is 0. The first-order chi connectivity index (χ1) is 15.4. The summed E-state index contributed by atoms with van der Waals surface area (Å²) in [7, 11) is 0. The van der Waals surface area contributed by atoms with Crippen molar-refractivity contribution in [2.24, 2.45) is 0 Å². The van der Waals surface area contributed by atoms with Gasteiger partial charge in [-0.25, -0.2) is 0 Å². The lowest BCUT2D eigenvalue weighted by Gasteiger charge is -2.21. The monoisotopic (exact) mass is 447 g/mol. The maximum atomic E-state index is 13.0. The van der Waals surface area contributed by atoms with E-state index in [0.717, 1.165) is 64.8 Å². The number of ketones is 1. The van der Waals surface area contributed by atoms with Crippen LogP contribution in [-0.2, 0) is 28.6 Å². The van der Waals surface area contributed by atoms with Crippen molar-refractivity contribution in [3.8, 4) is 0 Å². The van der Waals surface area contributed by atoms with Crippen LogP contribution in [0.25, 0.3) is 0 Å². The van der Waals surface area contributed by atoms with E-state index < -0.39 is 5.91 Å². The van der Waals surface area contributed by atoms with Crippen molar-refractivity contribution < 1.29 is 28.6 Å². The van der Waals surface area contributed by atoms with Gasteiger partial charge in [0.25, 0.3) is 11.8 Å². The van der Waals surface area contributed by atoms with Gasteiger partial charge in [0.2, 0.25) is 0 Å². The van der Waals surface area contributed by atoms with Gasteiger partial charge in [0.1, 0.15) is 0 Å². The zero-order valence-electron chi connectivity index (χ0n) is 19.3. The van der Waals surface area contributed by atoms with Gasteiger partial charge in [-0.2, -0.15) is 0 Å². The van der Waals surface area contributed by atoms with Crippen molar-refractivity contribution in [1.29, 1.82) is 0 Å². The van der Waals surface area contributed by atoms with Crippen LogP contribution in [0, 0.1) is 0 Å². The van der Waals surface area contributed by atoms with Crippen molar-refractivity contribution in [2.45, 2.75) is 89.4 Å². The second kappa shape index (κ2) is 12.4. The lowest BCUT2D eigenvalue weighted by molar-refractivity contribution is -0.139. The molecule has 0 saturated carbocycles. The van der Waals surface area contributed by atoms with E-state index in [1.807, 2.05) is 0 Å². The molecule has 3 unspecified atom stereocenters. The van der Waals surface area contributed by atoms with Gasteiger partial charge in [-0.3, -0.25) is 19.3 Å². The Labute approximate surface area is 191 Å². The SMILES string of the molecule is C=C(CCCCC1CO1)C(=O)N(CCCC1CO1)C(=O)/C=C(/CCCCC1CO1)C(C)=O. The molecule has 0 aliphatic carbocycles. The minimum Gasteiger partial charge on any atom is -0.373 e. The Morgan fingerprint density at radius 2 is 1.34 bits per heavy atom. The van der Waals surface area contributed by atoms with E-state index in [0.29, 0.717) is 49.2 Å². The summed E-state index contributed by atoms with van der Waals surface area (Å²) >= 11 is 0. The highest BCUT2D eigenvalue weighted by atomic mass is 16.6. The molecular weight excluding hydrogens is 410 g/mol. The van der Waals surface area contributed by atoms with Gasteiger partial charge in [0.05, 0.1) is 38.1 Å². The van der Waals surface area contributed by atoms with Crippen LogP contribution < -0.4 is 0 Å². The fraction of sp³-hybridized carbons (Fsp3) is 0.720. The number of hydrogen-bond acceptors (Lipinski definition) is 6. The third-order valence-electron chi connectivity index (χ3n) is 6.16. The number of imide groups is 1. The highest BCUT2D eigenvalue weighted by molar-refractivity contribution is 6.10. The molecule has 0 aromatic rings. The highest BCUT2D eigenvalue weighted by Crippen LogP contribution is 2.21. The first-order valence-electron chi connectivity index (χ1n) is 12.0. The maximum absolute atomic E-state index is 13.0. The van der Waals surface area contributed by atoms with Crippen LogP contribution in [0.2, 0.25) is 0 Å². The molecule has 3 rings (SSSR count). The molecule has 3 fully saturated rings. The normalized spacial score (nSPS) is 23.5. The average Bonchev–Trinajstić information content (AvgIpc) is 3.62. The van der Waals surface area contributed by atoms with E-state index in [1.165, 1.54) is 17.9 Å². The number of allylic oxidation sites excluding steroid dienone is 1. The van der Waals surface area contributed by atoms with Crippen LogP contribution in [0.4, 0.5) is 0 Å². The largest absolute Gasteiger partial charge is 0.373 e. The lowest BCUT2D eigenvalue weighted by atomic mass is 10.0. The molecule has 3 heterocycles. The number of hydrogen-bond donors (Lipinski definition) is 0. The van der Waals surface area contributed by atoms with Gasteiger partial charge in [0, 0.05) is 23.8 Å². The summed E-state index contributed by atoms with van der Waals surface area (Å²) in [6, 6.07) is 0. The van der Waals surface area contributed by atoms with Crippen LogP contribution >= 0.6 is 0 Å². The minimum atomic E-state index is -0.421. The predicted octanol–water partition coefficient (Wildman–Crippen LogP) is 3.51. The summed E-state index contributed by atoms with van der Waals surface area (Å²) in [6.45, 7) is 8.15. The van der Waals surface area contributed by atoms with Gasteiger partial charge >= 0.3 is 0 Å². The van der Waals surface area contributed by atoms with Crippen LogP contribution in [-0.4, -0.2) is 67.2 Å². The molecule has 0 radical (unpaired) electrons. The number of unbranched alkanes of at least 4 members (excludes halogenated alkanes) is 2. The standard InChI is InChI=1S/C25H37NO6/c1-18(8-3-5-10-21-15-30-21)25(29)26(13-7-12-23-17-32-23)24(28)14-20(19(2)27)9-4-6-11-22-16-31-22/h14,21-23H,1,3-13,15-17H2,2H3/b20-14-. The second-order valence-electron chi connectivity index (χ2n) is 9.12. The Balaban J connectivity index is 1.53. The molecule has 2 amide bonds. The van der Waals surface area contributed by atoms with Crippen molar-refractivity contribution in [3.05, 3.63) is 23.8 Å². The maximum Gasteiger partial charge on any atom is 0.256 e. The highest BCUT2D eigenvalue weighted by Gasteiger charge is 2.27. The zero-order valence-corrected chi connectivity index (χ0v) is 19.3. The summed E-state index contributed by atoms with van der Waals surface area (Å²) in [5.41, 5.74) is 0.921.